The van der Waals surface area contributed by atoms with Crippen LogP contribution in [0.1, 0.15) is 22.4 Å². The molecule has 0 aliphatic carbocycles. The fraction of sp³-hybridized carbons (Fsp3) is 0.375. The first-order chi connectivity index (χ1) is 10.2. The first-order valence-electron chi connectivity index (χ1n) is 7.11. The van der Waals surface area contributed by atoms with Crippen molar-refractivity contribution in [2.24, 2.45) is 0 Å². The van der Waals surface area contributed by atoms with E-state index in [0.29, 0.717) is 6.54 Å². The van der Waals surface area contributed by atoms with E-state index in [1.54, 1.807) is 13.2 Å². The average Bonchev–Trinajstić information content (AvgIpc) is 2.48. The summed E-state index contributed by atoms with van der Waals surface area (Å²) in [5, 5.41) is 7.78. The summed E-state index contributed by atoms with van der Waals surface area (Å²) in [7, 11) is 1.64. The summed E-state index contributed by atoms with van der Waals surface area (Å²) in [6.45, 7) is 4.10. The van der Waals surface area contributed by atoms with E-state index in [4.69, 9.17) is 4.74 Å². The second-order valence-electron chi connectivity index (χ2n) is 5.35. The van der Waals surface area contributed by atoms with Gasteiger partial charge >= 0.3 is 0 Å². The summed E-state index contributed by atoms with van der Waals surface area (Å²) < 4.78 is 6.90. The Hall–Kier alpha value is -2.14. The molecule has 0 radical (unpaired) electrons. The lowest BCUT2D eigenvalue weighted by Gasteiger charge is -2.17. The van der Waals surface area contributed by atoms with Gasteiger partial charge in [0.25, 0.3) is 5.56 Å². The van der Waals surface area contributed by atoms with Crippen molar-refractivity contribution in [1.82, 2.24) is 15.1 Å². The molecule has 0 saturated carbocycles. The minimum absolute atomic E-state index is 0.0685. The third kappa shape index (κ3) is 2.83. The van der Waals surface area contributed by atoms with E-state index in [9.17, 15) is 4.79 Å². The Kier molecular flexibility index (Phi) is 3.75. The molecule has 1 aromatic heterocycles. The van der Waals surface area contributed by atoms with Crippen molar-refractivity contribution in [3.63, 3.8) is 0 Å². The number of aromatic nitrogens is 2. The second-order valence-corrected chi connectivity index (χ2v) is 5.35. The first-order valence-corrected chi connectivity index (χ1v) is 7.11. The highest BCUT2D eigenvalue weighted by Crippen LogP contribution is 2.20. The standard InChI is InChI=1S/C16H19N3O2/c1-11-3-4-15(21-2)13(7-11)10-19-16(20)8-12-9-17-6-5-14(12)18-19/h3-4,7-8,17H,5-6,9-10H2,1-2H3. The molecule has 0 saturated heterocycles. The van der Waals surface area contributed by atoms with Crippen molar-refractivity contribution >= 4 is 0 Å². The van der Waals surface area contributed by atoms with Crippen molar-refractivity contribution in [2.45, 2.75) is 26.4 Å². The van der Waals surface area contributed by atoms with Gasteiger partial charge in [0, 0.05) is 31.1 Å². The number of rotatable bonds is 3. The minimum atomic E-state index is -0.0685. The molecule has 5 nitrogen and oxygen atoms in total. The van der Waals surface area contributed by atoms with Crippen molar-refractivity contribution in [1.29, 1.82) is 0 Å². The van der Waals surface area contributed by atoms with Gasteiger partial charge in [-0.05, 0) is 18.6 Å². The molecule has 0 unspecified atom stereocenters. The molecule has 0 amide bonds. The third-order valence-electron chi connectivity index (χ3n) is 3.77. The molecule has 110 valence electrons. The Labute approximate surface area is 123 Å². The second kappa shape index (κ2) is 5.69. The maximum absolute atomic E-state index is 12.2. The van der Waals surface area contributed by atoms with Gasteiger partial charge in [-0.2, -0.15) is 5.10 Å². The Balaban J connectivity index is 1.98. The van der Waals surface area contributed by atoms with Crippen molar-refractivity contribution in [2.75, 3.05) is 13.7 Å². The van der Waals surface area contributed by atoms with E-state index in [0.717, 1.165) is 47.6 Å². The van der Waals surface area contributed by atoms with E-state index in [1.165, 1.54) is 4.68 Å². The molecule has 1 N–H and O–H groups in total. The molecular weight excluding hydrogens is 266 g/mol. The number of nitrogens with one attached hydrogen (secondary N) is 1. The normalized spacial score (nSPS) is 13.8. The fourth-order valence-electron chi connectivity index (χ4n) is 2.67. The summed E-state index contributed by atoms with van der Waals surface area (Å²) in [5.41, 5.74) is 4.07. The van der Waals surface area contributed by atoms with Gasteiger partial charge in [0.15, 0.2) is 0 Å². The number of ether oxygens (including phenoxy) is 1. The van der Waals surface area contributed by atoms with Crippen LogP contribution in [0.4, 0.5) is 0 Å². The van der Waals surface area contributed by atoms with Crippen LogP contribution in [0, 0.1) is 6.92 Å². The van der Waals surface area contributed by atoms with Gasteiger partial charge in [-0.15, -0.1) is 0 Å². The van der Waals surface area contributed by atoms with Crippen molar-refractivity contribution in [3.05, 3.63) is 57.0 Å². The van der Waals surface area contributed by atoms with E-state index in [2.05, 4.69) is 10.4 Å². The molecule has 0 bridgehead atoms. The molecule has 1 aliphatic rings. The first kappa shape index (κ1) is 13.8. The van der Waals surface area contributed by atoms with Crippen LogP contribution in [-0.4, -0.2) is 23.4 Å². The number of nitrogens with zero attached hydrogens (tertiary/aromatic N) is 2. The quantitative estimate of drug-likeness (QED) is 0.922. The van der Waals surface area contributed by atoms with Gasteiger partial charge in [-0.1, -0.05) is 17.7 Å². The zero-order valence-electron chi connectivity index (χ0n) is 12.3. The predicted molar refractivity (Wildman–Crippen MR) is 80.7 cm³/mol. The lowest BCUT2D eigenvalue weighted by Crippen LogP contribution is -2.31. The molecule has 0 fully saturated rings. The largest absolute Gasteiger partial charge is 0.496 e. The molecule has 5 heteroatoms. The molecular formula is C16H19N3O2. The smallest absolute Gasteiger partial charge is 0.267 e. The number of methoxy groups -OCH3 is 1. The highest BCUT2D eigenvalue weighted by molar-refractivity contribution is 5.37. The number of aryl methyl sites for hydroxylation is 1. The lowest BCUT2D eigenvalue weighted by molar-refractivity contribution is 0.406. The number of fused-ring (bicyclic) bond motifs is 1. The minimum Gasteiger partial charge on any atom is -0.496 e. The van der Waals surface area contributed by atoms with Gasteiger partial charge < -0.3 is 10.1 Å². The van der Waals surface area contributed by atoms with Crippen molar-refractivity contribution < 1.29 is 4.74 Å². The Bertz CT molecular complexity index is 722. The van der Waals surface area contributed by atoms with Crippen LogP contribution in [0.2, 0.25) is 0 Å². The van der Waals surface area contributed by atoms with E-state index in [1.807, 2.05) is 25.1 Å². The molecule has 0 atom stereocenters. The summed E-state index contributed by atoms with van der Waals surface area (Å²) in [6, 6.07) is 7.65. The SMILES string of the molecule is COc1ccc(C)cc1Cn1nc2c(cc1=O)CNCC2. The number of hydrogen-bond donors (Lipinski definition) is 1. The van der Waals surface area contributed by atoms with Crippen LogP contribution >= 0.6 is 0 Å². The van der Waals surface area contributed by atoms with Crippen LogP contribution < -0.4 is 15.6 Å². The summed E-state index contributed by atoms with van der Waals surface area (Å²) >= 11 is 0. The molecule has 0 spiro atoms. The van der Waals surface area contributed by atoms with Crippen LogP contribution in [0.25, 0.3) is 0 Å². The van der Waals surface area contributed by atoms with Crippen LogP contribution in [-0.2, 0) is 19.5 Å². The summed E-state index contributed by atoms with van der Waals surface area (Å²) in [6.07, 6.45) is 0.862. The van der Waals surface area contributed by atoms with E-state index >= 15 is 0 Å². The maximum Gasteiger partial charge on any atom is 0.267 e. The van der Waals surface area contributed by atoms with Crippen LogP contribution in [0.3, 0.4) is 0 Å². The summed E-state index contributed by atoms with van der Waals surface area (Å²) in [4.78, 5) is 12.2. The average molecular weight is 285 g/mol. The highest BCUT2D eigenvalue weighted by atomic mass is 16.5. The highest BCUT2D eigenvalue weighted by Gasteiger charge is 2.14. The molecule has 1 aromatic carbocycles. The number of hydrogen-bond acceptors (Lipinski definition) is 4. The van der Waals surface area contributed by atoms with Crippen molar-refractivity contribution in [3.8, 4) is 5.75 Å². The summed E-state index contributed by atoms with van der Waals surface area (Å²) in [5.74, 6) is 0.786. The maximum atomic E-state index is 12.2. The van der Waals surface area contributed by atoms with E-state index in [-0.39, 0.29) is 5.56 Å². The van der Waals surface area contributed by atoms with Gasteiger partial charge in [-0.3, -0.25) is 4.79 Å². The Morgan fingerprint density at radius 2 is 2.24 bits per heavy atom. The molecule has 1 aliphatic heterocycles. The van der Waals surface area contributed by atoms with Gasteiger partial charge in [0.2, 0.25) is 0 Å². The molecule has 2 aromatic rings. The lowest BCUT2D eigenvalue weighted by atomic mass is 10.1. The zero-order chi connectivity index (χ0) is 14.8. The molecule has 21 heavy (non-hydrogen) atoms. The van der Waals surface area contributed by atoms with E-state index < -0.39 is 0 Å². The third-order valence-corrected chi connectivity index (χ3v) is 3.77. The number of benzene rings is 1. The van der Waals surface area contributed by atoms with Crippen LogP contribution in [0.15, 0.2) is 29.1 Å². The molecule has 2 heterocycles. The van der Waals surface area contributed by atoms with Gasteiger partial charge in [0.1, 0.15) is 5.75 Å². The molecule has 3 rings (SSSR count). The fourth-order valence-corrected chi connectivity index (χ4v) is 2.67. The van der Waals surface area contributed by atoms with Gasteiger partial charge in [0.05, 0.1) is 19.3 Å². The van der Waals surface area contributed by atoms with Crippen LogP contribution in [0.5, 0.6) is 5.75 Å². The Morgan fingerprint density at radius 1 is 1.38 bits per heavy atom. The van der Waals surface area contributed by atoms with Gasteiger partial charge in [-0.25, -0.2) is 4.68 Å². The Morgan fingerprint density at radius 3 is 3.05 bits per heavy atom. The topological polar surface area (TPSA) is 56.2 Å². The monoisotopic (exact) mass is 285 g/mol. The predicted octanol–water partition coefficient (Wildman–Crippen LogP) is 1.25. The zero-order valence-corrected chi connectivity index (χ0v) is 12.3.